The Balaban J connectivity index is 1.34. The van der Waals surface area contributed by atoms with Crippen molar-refractivity contribution in [1.82, 2.24) is 5.32 Å². The van der Waals surface area contributed by atoms with Crippen LogP contribution in [0.2, 0.25) is 0 Å². The fourth-order valence-electron chi connectivity index (χ4n) is 5.79. The van der Waals surface area contributed by atoms with Crippen LogP contribution < -0.4 is 9.62 Å². The van der Waals surface area contributed by atoms with Gasteiger partial charge in [0.2, 0.25) is 0 Å². The van der Waals surface area contributed by atoms with Crippen molar-refractivity contribution in [2.45, 2.75) is 50.0 Å². The molecule has 0 unspecified atom stereocenters. The molecule has 1 N–H and O–H groups in total. The molecule has 1 aliphatic heterocycles. The monoisotopic (exact) mass is 424 g/mol. The van der Waals surface area contributed by atoms with Gasteiger partial charge in [-0.15, -0.1) is 0 Å². The van der Waals surface area contributed by atoms with E-state index >= 15 is 0 Å². The van der Waals surface area contributed by atoms with Crippen LogP contribution in [0.5, 0.6) is 0 Å². The molecule has 158 valence electrons. The first-order valence-corrected chi connectivity index (χ1v) is 12.4. The van der Waals surface area contributed by atoms with E-state index in [1.54, 1.807) is 18.2 Å². The van der Waals surface area contributed by atoms with Crippen LogP contribution in [0.1, 0.15) is 48.5 Å². The minimum Gasteiger partial charge on any atom is -0.349 e. The van der Waals surface area contributed by atoms with Crippen molar-refractivity contribution in [3.8, 4) is 0 Å². The largest absolute Gasteiger partial charge is 0.349 e. The summed E-state index contributed by atoms with van der Waals surface area (Å²) >= 11 is 0. The van der Waals surface area contributed by atoms with Crippen molar-refractivity contribution in [2.24, 2.45) is 17.8 Å². The molecule has 0 radical (unpaired) electrons. The fraction of sp³-hybridized carbons (Fsp3) is 0.458. The topological polar surface area (TPSA) is 66.5 Å². The lowest BCUT2D eigenvalue weighted by atomic mass is 9.84. The highest BCUT2D eigenvalue weighted by Crippen LogP contribution is 2.49. The second-order valence-electron chi connectivity index (χ2n) is 9.08. The van der Waals surface area contributed by atoms with Crippen LogP contribution >= 0.6 is 0 Å². The number of hydrogen-bond acceptors (Lipinski definition) is 3. The number of hydrogen-bond donors (Lipinski definition) is 1. The minimum absolute atomic E-state index is 0.110. The average molecular weight is 425 g/mol. The van der Waals surface area contributed by atoms with Gasteiger partial charge < -0.3 is 5.32 Å². The number of nitrogens with one attached hydrogen (secondary N) is 1. The Morgan fingerprint density at radius 1 is 1.10 bits per heavy atom. The molecule has 2 aliphatic carbocycles. The quantitative estimate of drug-likeness (QED) is 0.789. The molecule has 6 heteroatoms. The summed E-state index contributed by atoms with van der Waals surface area (Å²) in [7, 11) is -3.71. The third-order valence-electron chi connectivity index (χ3n) is 7.32. The van der Waals surface area contributed by atoms with Crippen molar-refractivity contribution >= 4 is 21.6 Å². The van der Waals surface area contributed by atoms with Gasteiger partial charge in [0.1, 0.15) is 0 Å². The molecule has 3 aliphatic rings. The van der Waals surface area contributed by atoms with Crippen LogP contribution in [0, 0.1) is 17.8 Å². The number of fused-ring (bicyclic) bond motifs is 3. The third kappa shape index (κ3) is 3.31. The Bertz CT molecular complexity index is 1080. The molecule has 2 aromatic carbocycles. The van der Waals surface area contributed by atoms with Gasteiger partial charge in [-0.3, -0.25) is 9.10 Å². The van der Waals surface area contributed by atoms with Gasteiger partial charge in [0.15, 0.2) is 0 Å². The molecule has 2 bridgehead atoms. The molecule has 2 aromatic rings. The Morgan fingerprint density at radius 3 is 2.70 bits per heavy atom. The van der Waals surface area contributed by atoms with Crippen LogP contribution in [0.3, 0.4) is 0 Å². The van der Waals surface area contributed by atoms with Gasteiger partial charge in [0, 0.05) is 18.2 Å². The minimum atomic E-state index is -3.71. The Hall–Kier alpha value is -2.34. The molecule has 2 saturated carbocycles. The maximum Gasteiger partial charge on any atom is 0.264 e. The number of benzene rings is 2. The molecule has 2 fully saturated rings. The molecule has 4 atom stereocenters. The summed E-state index contributed by atoms with van der Waals surface area (Å²) in [6.45, 7) is 2.52. The summed E-state index contributed by atoms with van der Waals surface area (Å²) in [5.41, 5.74) is 2.17. The van der Waals surface area contributed by atoms with Gasteiger partial charge in [-0.2, -0.15) is 0 Å². The number of amides is 1. The lowest BCUT2D eigenvalue weighted by molar-refractivity contribution is 0.0915. The standard InChI is InChI=1S/C24H28N2O3S/c1-16(22-14-17-9-10-19(22)13-17)25-24(27)20-6-4-7-21(15-20)30(28,29)26-12-11-18-5-2-3-8-23(18)26/h2-8,15-17,19,22H,9-14H2,1H3,(H,25,27)/t16-,17+,19+,22-/m1/s1. The number of carbonyl (C=O) groups is 1. The van der Waals surface area contributed by atoms with Gasteiger partial charge in [0.25, 0.3) is 15.9 Å². The highest BCUT2D eigenvalue weighted by Gasteiger charge is 2.42. The van der Waals surface area contributed by atoms with E-state index in [2.05, 4.69) is 12.2 Å². The summed E-state index contributed by atoms with van der Waals surface area (Å²) in [6, 6.07) is 14.1. The summed E-state index contributed by atoms with van der Waals surface area (Å²) in [5.74, 6) is 1.91. The van der Waals surface area contributed by atoms with Gasteiger partial charge in [-0.1, -0.05) is 30.7 Å². The van der Waals surface area contributed by atoms with Crippen LogP contribution in [0.15, 0.2) is 53.4 Å². The van der Waals surface area contributed by atoms with Crippen molar-refractivity contribution < 1.29 is 13.2 Å². The van der Waals surface area contributed by atoms with Gasteiger partial charge in [-0.25, -0.2) is 8.42 Å². The van der Waals surface area contributed by atoms with E-state index in [9.17, 15) is 13.2 Å². The van der Waals surface area contributed by atoms with Crippen LogP contribution in [-0.2, 0) is 16.4 Å². The van der Waals surface area contributed by atoms with Crippen LogP contribution in [0.25, 0.3) is 0 Å². The first-order valence-electron chi connectivity index (χ1n) is 10.9. The molecule has 0 saturated heterocycles. The molecule has 0 spiro atoms. The second kappa shape index (κ2) is 7.41. The smallest absolute Gasteiger partial charge is 0.264 e. The molecule has 5 rings (SSSR count). The predicted octanol–water partition coefficient (Wildman–Crippen LogP) is 3.99. The Morgan fingerprint density at radius 2 is 1.93 bits per heavy atom. The highest BCUT2D eigenvalue weighted by atomic mass is 32.2. The molecule has 30 heavy (non-hydrogen) atoms. The highest BCUT2D eigenvalue weighted by molar-refractivity contribution is 7.92. The average Bonchev–Trinajstić information content (AvgIpc) is 3.49. The van der Waals surface area contributed by atoms with E-state index in [1.165, 1.54) is 36.1 Å². The zero-order valence-corrected chi connectivity index (χ0v) is 18.1. The molecule has 0 aromatic heterocycles. The summed E-state index contributed by atoms with van der Waals surface area (Å²) in [6.07, 6.45) is 5.82. The number of nitrogens with zero attached hydrogens (tertiary/aromatic N) is 1. The lowest BCUT2D eigenvalue weighted by Crippen LogP contribution is -2.40. The summed E-state index contributed by atoms with van der Waals surface area (Å²) in [4.78, 5) is 13.1. The van der Waals surface area contributed by atoms with Crippen molar-refractivity contribution in [1.29, 1.82) is 0 Å². The first-order chi connectivity index (χ1) is 14.4. The SMILES string of the molecule is C[C@@H](NC(=O)c1cccc(S(=O)(=O)N2CCc3ccccc32)c1)[C@H]1C[C@H]2CC[C@H]1C2. The maximum absolute atomic E-state index is 13.3. The molecule has 5 nitrogen and oxygen atoms in total. The number of carbonyl (C=O) groups excluding carboxylic acids is 1. The zero-order chi connectivity index (χ0) is 20.9. The second-order valence-corrected chi connectivity index (χ2v) is 10.9. The van der Waals surface area contributed by atoms with E-state index in [0.717, 1.165) is 23.1 Å². The normalized spacial score (nSPS) is 25.9. The maximum atomic E-state index is 13.3. The molecule has 1 amide bonds. The van der Waals surface area contributed by atoms with E-state index in [-0.39, 0.29) is 16.8 Å². The van der Waals surface area contributed by atoms with Gasteiger partial charge in [-0.05, 0) is 80.2 Å². The Kier molecular flexibility index (Phi) is 4.85. The van der Waals surface area contributed by atoms with E-state index < -0.39 is 10.0 Å². The zero-order valence-electron chi connectivity index (χ0n) is 17.3. The molecular weight excluding hydrogens is 396 g/mol. The van der Waals surface area contributed by atoms with Crippen molar-refractivity contribution in [3.63, 3.8) is 0 Å². The molecule has 1 heterocycles. The van der Waals surface area contributed by atoms with Crippen LogP contribution in [0.4, 0.5) is 5.69 Å². The van der Waals surface area contributed by atoms with Gasteiger partial charge >= 0.3 is 0 Å². The van der Waals surface area contributed by atoms with Gasteiger partial charge in [0.05, 0.1) is 10.6 Å². The van der Waals surface area contributed by atoms with E-state index in [4.69, 9.17) is 0 Å². The number of anilines is 1. The third-order valence-corrected chi connectivity index (χ3v) is 9.13. The fourth-order valence-corrected chi connectivity index (χ4v) is 7.34. The Labute approximate surface area is 178 Å². The van der Waals surface area contributed by atoms with Crippen molar-refractivity contribution in [2.75, 3.05) is 10.8 Å². The number of para-hydroxylation sites is 1. The first kappa shape index (κ1) is 19.6. The van der Waals surface area contributed by atoms with E-state index in [1.807, 2.05) is 24.3 Å². The van der Waals surface area contributed by atoms with Crippen molar-refractivity contribution in [3.05, 3.63) is 59.7 Å². The lowest BCUT2D eigenvalue weighted by Gasteiger charge is -2.28. The molecular formula is C24H28N2O3S. The summed E-state index contributed by atoms with van der Waals surface area (Å²) < 4.78 is 28.0. The number of sulfonamides is 1. The van der Waals surface area contributed by atoms with E-state index in [0.29, 0.717) is 24.4 Å². The number of rotatable bonds is 5. The van der Waals surface area contributed by atoms with Crippen LogP contribution in [-0.4, -0.2) is 26.9 Å². The summed E-state index contributed by atoms with van der Waals surface area (Å²) in [5, 5.41) is 3.14. The predicted molar refractivity (Wildman–Crippen MR) is 117 cm³/mol.